The molecule has 0 aromatic heterocycles. The molecular formula is C16H22Cl3N3O2. The number of piperidine rings is 1. The highest BCUT2D eigenvalue weighted by Crippen LogP contribution is 2.29. The molecule has 1 atom stereocenters. The molecule has 0 bridgehead atoms. The highest BCUT2D eigenvalue weighted by atomic mass is 35.5. The lowest BCUT2D eigenvalue weighted by molar-refractivity contribution is -0.136. The van der Waals surface area contributed by atoms with Crippen LogP contribution < -0.4 is 10.6 Å². The van der Waals surface area contributed by atoms with Crippen LogP contribution in [0, 0.1) is 0 Å². The SMILES string of the molecule is CCN(CC(=O)Nc1c(Cl)cccc1Cl)C(=O)C1CCCCN1.Cl. The largest absolute Gasteiger partial charge is 0.332 e. The fourth-order valence-electron chi connectivity index (χ4n) is 2.60. The molecule has 1 unspecified atom stereocenters. The van der Waals surface area contributed by atoms with E-state index in [2.05, 4.69) is 10.6 Å². The fraction of sp³-hybridized carbons (Fsp3) is 0.500. The summed E-state index contributed by atoms with van der Waals surface area (Å²) in [6.07, 6.45) is 2.93. The first-order valence-electron chi connectivity index (χ1n) is 7.79. The van der Waals surface area contributed by atoms with E-state index in [0.29, 0.717) is 22.3 Å². The second-order valence-corrected chi connectivity index (χ2v) is 6.31. The molecular weight excluding hydrogens is 373 g/mol. The van der Waals surface area contributed by atoms with Crippen LogP contribution in [-0.2, 0) is 9.59 Å². The van der Waals surface area contributed by atoms with Gasteiger partial charge in [0.05, 0.1) is 28.3 Å². The van der Waals surface area contributed by atoms with Crippen LogP contribution in [0.3, 0.4) is 0 Å². The van der Waals surface area contributed by atoms with Crippen molar-refractivity contribution in [3.05, 3.63) is 28.2 Å². The number of carbonyl (C=O) groups is 2. The van der Waals surface area contributed by atoms with Gasteiger partial charge in [-0.15, -0.1) is 12.4 Å². The number of rotatable bonds is 5. The predicted octanol–water partition coefficient (Wildman–Crippen LogP) is 3.34. The lowest BCUT2D eigenvalue weighted by Crippen LogP contribution is -2.50. The molecule has 134 valence electrons. The van der Waals surface area contributed by atoms with E-state index >= 15 is 0 Å². The zero-order chi connectivity index (χ0) is 16.8. The van der Waals surface area contributed by atoms with Crippen molar-refractivity contribution in [1.82, 2.24) is 10.2 Å². The normalized spacial score (nSPS) is 16.9. The van der Waals surface area contributed by atoms with E-state index in [1.54, 1.807) is 23.1 Å². The van der Waals surface area contributed by atoms with Crippen molar-refractivity contribution in [2.45, 2.75) is 32.2 Å². The third kappa shape index (κ3) is 5.52. The number of likely N-dealkylation sites (N-methyl/N-ethyl adjacent to an activating group) is 1. The Kier molecular flexibility index (Phi) is 8.84. The summed E-state index contributed by atoms with van der Waals surface area (Å²) in [5.41, 5.74) is 0.375. The number of benzene rings is 1. The lowest BCUT2D eigenvalue weighted by Gasteiger charge is -2.29. The van der Waals surface area contributed by atoms with Crippen molar-refractivity contribution in [3.8, 4) is 0 Å². The Labute approximate surface area is 158 Å². The number of carbonyl (C=O) groups excluding carboxylic acids is 2. The smallest absolute Gasteiger partial charge is 0.244 e. The lowest BCUT2D eigenvalue weighted by atomic mass is 10.0. The summed E-state index contributed by atoms with van der Waals surface area (Å²) >= 11 is 12.1. The molecule has 8 heteroatoms. The Morgan fingerprint density at radius 2 is 1.96 bits per heavy atom. The number of hydrogen-bond acceptors (Lipinski definition) is 3. The maximum absolute atomic E-state index is 12.5. The summed E-state index contributed by atoms with van der Waals surface area (Å²) in [5, 5.41) is 6.63. The first-order chi connectivity index (χ1) is 11.0. The van der Waals surface area contributed by atoms with Crippen LogP contribution >= 0.6 is 35.6 Å². The molecule has 24 heavy (non-hydrogen) atoms. The second kappa shape index (κ2) is 10.1. The van der Waals surface area contributed by atoms with E-state index in [9.17, 15) is 9.59 Å². The summed E-state index contributed by atoms with van der Waals surface area (Å²) in [4.78, 5) is 26.3. The first-order valence-corrected chi connectivity index (χ1v) is 8.54. The number of halogens is 3. The molecule has 0 saturated carbocycles. The summed E-state index contributed by atoms with van der Waals surface area (Å²) in [5.74, 6) is -0.349. The van der Waals surface area contributed by atoms with Crippen molar-refractivity contribution in [3.63, 3.8) is 0 Å². The molecule has 1 aliphatic rings. The van der Waals surface area contributed by atoms with E-state index in [1.165, 1.54) is 0 Å². The predicted molar refractivity (Wildman–Crippen MR) is 100 cm³/mol. The number of nitrogens with zero attached hydrogens (tertiary/aromatic N) is 1. The fourth-order valence-corrected chi connectivity index (χ4v) is 3.09. The molecule has 5 nitrogen and oxygen atoms in total. The highest BCUT2D eigenvalue weighted by molar-refractivity contribution is 6.39. The van der Waals surface area contributed by atoms with Crippen LogP contribution in [0.25, 0.3) is 0 Å². The molecule has 0 radical (unpaired) electrons. The minimum Gasteiger partial charge on any atom is -0.332 e. The number of para-hydroxylation sites is 1. The number of nitrogens with one attached hydrogen (secondary N) is 2. The zero-order valence-corrected chi connectivity index (χ0v) is 15.8. The topological polar surface area (TPSA) is 61.4 Å². The highest BCUT2D eigenvalue weighted by Gasteiger charge is 2.26. The van der Waals surface area contributed by atoms with E-state index in [4.69, 9.17) is 23.2 Å². The van der Waals surface area contributed by atoms with Gasteiger partial charge >= 0.3 is 0 Å². The Morgan fingerprint density at radius 1 is 1.29 bits per heavy atom. The molecule has 1 saturated heterocycles. The Morgan fingerprint density at radius 3 is 2.50 bits per heavy atom. The first kappa shape index (κ1) is 21.0. The Balaban J connectivity index is 0.00000288. The third-order valence-electron chi connectivity index (χ3n) is 3.86. The maximum Gasteiger partial charge on any atom is 0.244 e. The van der Waals surface area contributed by atoms with Crippen LogP contribution in [0.5, 0.6) is 0 Å². The number of amides is 2. The molecule has 2 rings (SSSR count). The molecule has 2 amide bonds. The Bertz CT molecular complexity index is 557. The van der Waals surface area contributed by atoms with Crippen LogP contribution in [0.1, 0.15) is 26.2 Å². The van der Waals surface area contributed by atoms with Crippen molar-refractivity contribution in [1.29, 1.82) is 0 Å². The van der Waals surface area contributed by atoms with Crippen molar-refractivity contribution in [2.75, 3.05) is 25.0 Å². The van der Waals surface area contributed by atoms with Crippen molar-refractivity contribution in [2.24, 2.45) is 0 Å². The van der Waals surface area contributed by atoms with Gasteiger partial charge in [-0.2, -0.15) is 0 Å². The molecule has 0 spiro atoms. The third-order valence-corrected chi connectivity index (χ3v) is 4.49. The van der Waals surface area contributed by atoms with Gasteiger partial charge < -0.3 is 15.5 Å². The summed E-state index contributed by atoms with van der Waals surface area (Å²) in [6.45, 7) is 3.15. The van der Waals surface area contributed by atoms with E-state index in [0.717, 1.165) is 25.8 Å². The minimum atomic E-state index is -0.314. The van der Waals surface area contributed by atoms with E-state index in [1.807, 2.05) is 6.92 Å². The monoisotopic (exact) mass is 393 g/mol. The van der Waals surface area contributed by atoms with Gasteiger partial charge in [-0.3, -0.25) is 9.59 Å². The van der Waals surface area contributed by atoms with Crippen LogP contribution in [0.4, 0.5) is 5.69 Å². The van der Waals surface area contributed by atoms with Crippen molar-refractivity contribution >= 4 is 53.1 Å². The number of hydrogen-bond donors (Lipinski definition) is 2. The van der Waals surface area contributed by atoms with Gasteiger partial charge in [0.2, 0.25) is 11.8 Å². The Hall–Kier alpha value is -1.01. The van der Waals surface area contributed by atoms with Gasteiger partial charge in [0, 0.05) is 6.54 Å². The van der Waals surface area contributed by atoms with Gasteiger partial charge in [0.15, 0.2) is 0 Å². The molecule has 1 aromatic carbocycles. The molecule has 1 aliphatic heterocycles. The zero-order valence-electron chi connectivity index (χ0n) is 13.5. The molecule has 2 N–H and O–H groups in total. The van der Waals surface area contributed by atoms with Crippen molar-refractivity contribution < 1.29 is 9.59 Å². The van der Waals surface area contributed by atoms with Crippen LogP contribution in [-0.4, -0.2) is 42.4 Å². The van der Waals surface area contributed by atoms with Gasteiger partial charge in [-0.25, -0.2) is 0 Å². The standard InChI is InChI=1S/C16H21Cl2N3O2.ClH/c1-2-21(16(23)13-8-3-4-9-19-13)10-14(22)20-15-11(17)6-5-7-12(15)18;/h5-7,13,19H,2-4,8-10H2,1H3,(H,20,22);1H. The quantitative estimate of drug-likeness (QED) is 0.805. The van der Waals surface area contributed by atoms with Gasteiger partial charge in [-0.05, 0) is 38.4 Å². The molecule has 0 aliphatic carbocycles. The second-order valence-electron chi connectivity index (χ2n) is 5.50. The minimum absolute atomic E-state index is 0. The van der Waals surface area contributed by atoms with Gasteiger partial charge in [0.1, 0.15) is 0 Å². The molecule has 1 heterocycles. The van der Waals surface area contributed by atoms with E-state index < -0.39 is 0 Å². The summed E-state index contributed by atoms with van der Waals surface area (Å²) in [7, 11) is 0. The van der Waals surface area contributed by atoms with Gasteiger partial charge in [0.25, 0.3) is 0 Å². The average molecular weight is 395 g/mol. The van der Waals surface area contributed by atoms with Gasteiger partial charge in [-0.1, -0.05) is 35.7 Å². The average Bonchev–Trinajstić information content (AvgIpc) is 2.56. The van der Waals surface area contributed by atoms with Crippen LogP contribution in [0.15, 0.2) is 18.2 Å². The van der Waals surface area contributed by atoms with Crippen LogP contribution in [0.2, 0.25) is 10.0 Å². The maximum atomic E-state index is 12.5. The molecule has 1 fully saturated rings. The summed E-state index contributed by atoms with van der Waals surface area (Å²) in [6, 6.07) is 4.81. The summed E-state index contributed by atoms with van der Waals surface area (Å²) < 4.78 is 0. The van der Waals surface area contributed by atoms with E-state index in [-0.39, 0.29) is 36.8 Å². The molecule has 1 aromatic rings. The number of anilines is 1.